The Morgan fingerprint density at radius 2 is 1.73 bits per heavy atom. The number of rotatable bonds is 10. The molecule has 1 N–H and O–H groups in total. The van der Waals surface area contributed by atoms with Crippen LogP contribution >= 0.6 is 11.3 Å². The zero-order valence-electron chi connectivity index (χ0n) is 25.4. The van der Waals surface area contributed by atoms with Gasteiger partial charge in [0, 0.05) is 10.4 Å². The largest absolute Gasteiger partial charge is 0.482 e. The molecule has 1 fully saturated rings. The zero-order chi connectivity index (χ0) is 29.8. The summed E-state index contributed by atoms with van der Waals surface area (Å²) in [6.07, 6.45) is 4.15. The molecule has 0 spiro atoms. The van der Waals surface area contributed by atoms with Crippen molar-refractivity contribution in [3.63, 3.8) is 0 Å². The lowest BCUT2D eigenvalue weighted by Gasteiger charge is -2.45. The maximum atomic E-state index is 12.8. The van der Waals surface area contributed by atoms with Crippen molar-refractivity contribution in [1.29, 1.82) is 0 Å². The summed E-state index contributed by atoms with van der Waals surface area (Å²) in [4.78, 5) is 38.9. The smallest absolute Gasteiger partial charge is 0.351 e. The number of amides is 1. The molecule has 40 heavy (non-hydrogen) atoms. The van der Waals surface area contributed by atoms with Gasteiger partial charge >= 0.3 is 11.9 Å². The van der Waals surface area contributed by atoms with Crippen molar-refractivity contribution >= 4 is 29.2 Å². The Labute approximate surface area is 243 Å². The van der Waals surface area contributed by atoms with Crippen LogP contribution in [0.4, 0.5) is 0 Å². The molecule has 0 saturated heterocycles. The summed E-state index contributed by atoms with van der Waals surface area (Å²) in [7, 11) is 2.62. The molecule has 220 valence electrons. The van der Waals surface area contributed by atoms with Gasteiger partial charge in [-0.05, 0) is 60.0 Å². The summed E-state index contributed by atoms with van der Waals surface area (Å²) in [5.41, 5.74) is 3.61. The van der Waals surface area contributed by atoms with Gasteiger partial charge in [-0.1, -0.05) is 72.2 Å². The van der Waals surface area contributed by atoms with Crippen LogP contribution in [0, 0.1) is 23.7 Å². The van der Waals surface area contributed by atoms with E-state index >= 15 is 0 Å². The highest BCUT2D eigenvalue weighted by molar-refractivity contribution is 7.18. The Morgan fingerprint density at radius 3 is 2.30 bits per heavy atom. The van der Waals surface area contributed by atoms with E-state index in [1.54, 1.807) is 0 Å². The van der Waals surface area contributed by atoms with Crippen LogP contribution in [-0.4, -0.2) is 44.7 Å². The molecular weight excluding hydrogens is 526 g/mol. The van der Waals surface area contributed by atoms with Gasteiger partial charge < -0.3 is 19.5 Å². The Kier molecular flexibility index (Phi) is 10.1. The van der Waals surface area contributed by atoms with Gasteiger partial charge in [0.2, 0.25) is 0 Å². The molecule has 7 nitrogen and oxygen atoms in total. The highest BCUT2D eigenvalue weighted by Gasteiger charge is 2.39. The summed E-state index contributed by atoms with van der Waals surface area (Å²) in [5, 5.41) is 2.71. The monoisotopic (exact) mass is 571 g/mol. The molecule has 1 heterocycles. The number of nitrogens with one attached hydrogen (secondary N) is 1. The summed E-state index contributed by atoms with van der Waals surface area (Å²) in [5.74, 6) is -0.824. The van der Waals surface area contributed by atoms with Crippen molar-refractivity contribution in [1.82, 2.24) is 5.32 Å². The summed E-state index contributed by atoms with van der Waals surface area (Å²) in [6, 6.07) is 7.78. The van der Waals surface area contributed by atoms with Gasteiger partial charge in [0.05, 0.1) is 14.2 Å². The fraction of sp³-hybridized carbons (Fsp3) is 0.594. The molecule has 1 amide bonds. The first kappa shape index (κ1) is 31.7. The molecule has 0 aliphatic heterocycles. The van der Waals surface area contributed by atoms with Crippen LogP contribution in [0.15, 0.2) is 24.3 Å². The van der Waals surface area contributed by atoms with Gasteiger partial charge in [0.25, 0.3) is 5.91 Å². The normalized spacial score (nSPS) is 17.9. The Hall–Kier alpha value is -2.87. The fourth-order valence-electron chi connectivity index (χ4n) is 6.34. The third-order valence-electron chi connectivity index (χ3n) is 7.97. The lowest BCUT2D eigenvalue weighted by Crippen LogP contribution is -2.47. The number of thiophene rings is 1. The first-order chi connectivity index (χ1) is 18.7. The van der Waals surface area contributed by atoms with E-state index in [4.69, 9.17) is 14.2 Å². The fourth-order valence-corrected chi connectivity index (χ4v) is 7.51. The molecule has 0 bridgehead atoms. The molecule has 2 unspecified atom stereocenters. The first-order valence-corrected chi connectivity index (χ1v) is 14.9. The van der Waals surface area contributed by atoms with E-state index in [1.807, 2.05) is 26.8 Å². The molecule has 1 aliphatic rings. The van der Waals surface area contributed by atoms with Gasteiger partial charge in [-0.15, -0.1) is 11.3 Å². The predicted octanol–water partition coefficient (Wildman–Crippen LogP) is 6.91. The van der Waals surface area contributed by atoms with Crippen molar-refractivity contribution < 1.29 is 28.6 Å². The van der Waals surface area contributed by atoms with E-state index in [9.17, 15) is 14.4 Å². The second-order valence-electron chi connectivity index (χ2n) is 12.7. The second kappa shape index (κ2) is 12.8. The number of hydrogen-bond donors (Lipinski definition) is 1. The Morgan fingerprint density at radius 1 is 1.07 bits per heavy atom. The number of esters is 2. The van der Waals surface area contributed by atoms with Crippen molar-refractivity contribution in [3.8, 4) is 16.2 Å². The minimum Gasteiger partial charge on any atom is -0.482 e. The minimum atomic E-state index is -0.775. The predicted molar refractivity (Wildman–Crippen MR) is 159 cm³/mol. The molecule has 0 radical (unpaired) electrons. The van der Waals surface area contributed by atoms with E-state index in [1.165, 1.54) is 37.5 Å². The van der Waals surface area contributed by atoms with Crippen molar-refractivity contribution in [2.45, 2.75) is 86.1 Å². The van der Waals surface area contributed by atoms with E-state index in [0.29, 0.717) is 23.0 Å². The second-order valence-corrected chi connectivity index (χ2v) is 13.7. The molecule has 1 aliphatic carbocycles. The number of ether oxygens (including phenoxy) is 3. The standard InChI is InChI=1S/C32H45NO6S/c1-10-19(2)25(29(35)37-8)33-24(34)17-39-26-20(3)27(40-28(26)30(36)38-9)22-13-11-12-21(14-22)23-15-31(4,5)18-32(6,7)16-23/h11-14,19,23,25H,10,15-18H2,1-9H3,(H,33,34). The van der Waals surface area contributed by atoms with Crippen LogP contribution in [0.1, 0.15) is 93.9 Å². The molecule has 3 rings (SSSR count). The minimum absolute atomic E-state index is 0.107. The average Bonchev–Trinajstić information content (AvgIpc) is 3.23. The Bertz CT molecular complexity index is 1210. The van der Waals surface area contributed by atoms with Crippen LogP contribution in [0.5, 0.6) is 5.75 Å². The maximum absolute atomic E-state index is 12.8. The molecule has 2 aromatic rings. The van der Waals surface area contributed by atoms with Crippen LogP contribution in [0.2, 0.25) is 0 Å². The third kappa shape index (κ3) is 7.45. The van der Waals surface area contributed by atoms with Crippen LogP contribution in [-0.2, 0) is 19.1 Å². The number of methoxy groups -OCH3 is 2. The third-order valence-corrected chi connectivity index (χ3v) is 9.27. The maximum Gasteiger partial charge on any atom is 0.351 e. The average molecular weight is 572 g/mol. The van der Waals surface area contributed by atoms with E-state index in [-0.39, 0.29) is 23.4 Å². The van der Waals surface area contributed by atoms with Crippen molar-refractivity contribution in [2.24, 2.45) is 16.7 Å². The summed E-state index contributed by atoms with van der Waals surface area (Å²) >= 11 is 1.30. The number of carbonyl (C=O) groups is 3. The lowest BCUT2D eigenvalue weighted by atomic mass is 9.60. The van der Waals surface area contributed by atoms with Gasteiger partial charge in [-0.3, -0.25) is 4.79 Å². The topological polar surface area (TPSA) is 90.9 Å². The molecule has 2 atom stereocenters. The highest BCUT2D eigenvalue weighted by Crippen LogP contribution is 2.52. The quantitative estimate of drug-likeness (QED) is 0.312. The molecule has 8 heteroatoms. The van der Waals surface area contributed by atoms with E-state index in [2.05, 4.69) is 51.2 Å². The lowest BCUT2D eigenvalue weighted by molar-refractivity contribution is -0.146. The number of hydrogen-bond acceptors (Lipinski definition) is 7. The van der Waals surface area contributed by atoms with Crippen LogP contribution in [0.3, 0.4) is 0 Å². The molecule has 1 saturated carbocycles. The van der Waals surface area contributed by atoms with E-state index in [0.717, 1.165) is 28.8 Å². The van der Waals surface area contributed by atoms with Gasteiger partial charge in [-0.25, -0.2) is 9.59 Å². The Balaban J connectivity index is 1.88. The van der Waals surface area contributed by atoms with Crippen LogP contribution < -0.4 is 10.1 Å². The first-order valence-electron chi connectivity index (χ1n) is 14.0. The van der Waals surface area contributed by atoms with Crippen molar-refractivity contribution in [2.75, 3.05) is 20.8 Å². The summed E-state index contributed by atoms with van der Waals surface area (Å²) < 4.78 is 15.8. The molecular formula is C32H45NO6S. The van der Waals surface area contributed by atoms with Gasteiger partial charge in [0.15, 0.2) is 11.5 Å². The van der Waals surface area contributed by atoms with Crippen LogP contribution in [0.25, 0.3) is 10.4 Å². The van der Waals surface area contributed by atoms with Crippen molar-refractivity contribution in [3.05, 3.63) is 40.3 Å². The summed E-state index contributed by atoms with van der Waals surface area (Å²) in [6.45, 7) is 14.8. The zero-order valence-corrected chi connectivity index (χ0v) is 26.3. The number of benzene rings is 1. The number of carbonyl (C=O) groups excluding carboxylic acids is 3. The molecule has 1 aromatic heterocycles. The highest BCUT2D eigenvalue weighted by atomic mass is 32.1. The SMILES string of the molecule is CCC(C)C(NC(=O)COc1c(C(=O)OC)sc(-c2cccc(C3CC(C)(C)CC(C)(C)C3)c2)c1C)C(=O)OC. The molecule has 1 aromatic carbocycles. The van der Waals surface area contributed by atoms with E-state index < -0.39 is 23.9 Å². The van der Waals surface area contributed by atoms with Gasteiger partial charge in [0.1, 0.15) is 11.8 Å². The van der Waals surface area contributed by atoms with Gasteiger partial charge in [-0.2, -0.15) is 0 Å².